The number of rotatable bonds is 5. The molecule has 0 spiro atoms. The van der Waals surface area contributed by atoms with Crippen LogP contribution in [0.15, 0.2) is 48.7 Å². The molecule has 1 amide bonds. The molecule has 0 bridgehead atoms. The summed E-state index contributed by atoms with van der Waals surface area (Å²) in [7, 11) is 0. The van der Waals surface area contributed by atoms with Crippen LogP contribution in [0.1, 0.15) is 28.7 Å². The second kappa shape index (κ2) is 10.4. The van der Waals surface area contributed by atoms with E-state index in [-0.39, 0.29) is 5.91 Å². The first-order valence-electron chi connectivity index (χ1n) is 9.73. The molecule has 0 atom stereocenters. The van der Waals surface area contributed by atoms with Crippen LogP contribution in [0.3, 0.4) is 0 Å². The predicted molar refractivity (Wildman–Crippen MR) is 121 cm³/mol. The molecule has 0 saturated heterocycles. The van der Waals surface area contributed by atoms with E-state index in [0.29, 0.717) is 18.9 Å². The maximum atomic E-state index is 11.5. The summed E-state index contributed by atoms with van der Waals surface area (Å²) in [4.78, 5) is 20.5. The molecule has 9 heteroatoms. The molecule has 1 aliphatic heterocycles. The molecule has 3 aromatic rings. The summed E-state index contributed by atoms with van der Waals surface area (Å²) < 4.78 is 16.6. The van der Waals surface area contributed by atoms with Gasteiger partial charge in [0.05, 0.1) is 0 Å². The van der Waals surface area contributed by atoms with Gasteiger partial charge in [0.2, 0.25) is 11.9 Å². The summed E-state index contributed by atoms with van der Waals surface area (Å²) in [5, 5.41) is 9.56. The Morgan fingerprint density at radius 2 is 1.90 bits per heavy atom. The number of hydrogen-bond acceptors (Lipinski definition) is 7. The Labute approximate surface area is 184 Å². The second-order valence-corrected chi connectivity index (χ2v) is 7.32. The van der Waals surface area contributed by atoms with Crippen molar-refractivity contribution in [1.29, 1.82) is 0 Å². The lowest BCUT2D eigenvalue weighted by Gasteiger charge is -2.18. The minimum atomic E-state index is -0.750. The van der Waals surface area contributed by atoms with Gasteiger partial charge in [0.15, 0.2) is 0 Å². The van der Waals surface area contributed by atoms with Crippen LogP contribution in [0, 0.1) is 13.8 Å². The number of benzene rings is 2. The van der Waals surface area contributed by atoms with Gasteiger partial charge in [-0.25, -0.2) is 4.98 Å². The smallest absolute Gasteiger partial charge is 0.335 e. The molecule has 2 heterocycles. The third-order valence-electron chi connectivity index (χ3n) is 4.77. The van der Waals surface area contributed by atoms with Crippen molar-refractivity contribution in [2.75, 3.05) is 16.0 Å². The highest BCUT2D eigenvalue weighted by molar-refractivity contribution is 7.51. The normalized spacial score (nSPS) is 12.0. The SMILES string of the molecule is Cc1cccc(CNc2nc(Nc3ccc4c(c3)CCC(=O)N4)ncc2C)c1.O=S=O. The Kier molecular flexibility index (Phi) is 7.45. The molecule has 31 heavy (non-hydrogen) atoms. The number of nitrogens with one attached hydrogen (secondary N) is 3. The number of amides is 1. The van der Waals surface area contributed by atoms with E-state index >= 15 is 0 Å². The lowest BCUT2D eigenvalue weighted by atomic mass is 10.0. The number of aromatic nitrogens is 2. The van der Waals surface area contributed by atoms with E-state index in [9.17, 15) is 4.79 Å². The van der Waals surface area contributed by atoms with Gasteiger partial charge in [-0.3, -0.25) is 4.79 Å². The minimum Gasteiger partial charge on any atom is -0.366 e. The monoisotopic (exact) mass is 437 g/mol. The Hall–Kier alpha value is -3.59. The lowest BCUT2D eigenvalue weighted by Crippen LogP contribution is -2.18. The number of nitrogens with zero attached hydrogens (tertiary/aromatic N) is 2. The topological polar surface area (TPSA) is 113 Å². The fraction of sp³-hybridized carbons (Fsp3) is 0.227. The molecule has 0 saturated carbocycles. The fourth-order valence-corrected chi connectivity index (χ4v) is 3.28. The van der Waals surface area contributed by atoms with Crippen LogP contribution < -0.4 is 16.0 Å². The van der Waals surface area contributed by atoms with E-state index < -0.39 is 11.6 Å². The average Bonchev–Trinajstić information content (AvgIpc) is 2.75. The van der Waals surface area contributed by atoms with Crippen LogP contribution in [0.4, 0.5) is 23.1 Å². The Balaban J connectivity index is 0.000000858. The van der Waals surface area contributed by atoms with Crippen LogP contribution in [0.5, 0.6) is 0 Å². The predicted octanol–water partition coefficient (Wildman–Crippen LogP) is 3.66. The summed E-state index contributed by atoms with van der Waals surface area (Å²) in [6.07, 6.45) is 3.08. The standard InChI is InChI=1S/C22H23N5O.O2S/c1-14-4-3-5-16(10-14)13-23-21-15(2)12-24-22(27-21)25-18-7-8-19-17(11-18)6-9-20(28)26-19;1-3-2/h3-5,7-8,10-12H,6,9,13H2,1-2H3,(H,26,28)(H2,23,24,25,27);. The molecule has 0 fully saturated rings. The van der Waals surface area contributed by atoms with E-state index in [4.69, 9.17) is 8.42 Å². The van der Waals surface area contributed by atoms with Gasteiger partial charge in [0, 0.05) is 36.1 Å². The quantitative estimate of drug-likeness (QED) is 0.558. The molecule has 0 aliphatic carbocycles. The number of fused-ring (bicyclic) bond motifs is 1. The van der Waals surface area contributed by atoms with Crippen molar-refractivity contribution in [3.05, 3.63) is 70.9 Å². The maximum Gasteiger partial charge on any atom is 0.335 e. The first kappa shape index (κ1) is 22.1. The first-order valence-corrected chi connectivity index (χ1v) is 10.4. The van der Waals surface area contributed by atoms with E-state index in [1.165, 1.54) is 11.1 Å². The highest BCUT2D eigenvalue weighted by atomic mass is 32.1. The van der Waals surface area contributed by atoms with Gasteiger partial charge in [-0.05, 0) is 49.6 Å². The van der Waals surface area contributed by atoms with E-state index in [1.54, 1.807) is 0 Å². The van der Waals surface area contributed by atoms with Gasteiger partial charge in [-0.1, -0.05) is 29.8 Å². The Morgan fingerprint density at radius 3 is 2.68 bits per heavy atom. The van der Waals surface area contributed by atoms with Crippen molar-refractivity contribution in [2.45, 2.75) is 33.2 Å². The zero-order chi connectivity index (χ0) is 22.2. The average molecular weight is 438 g/mol. The van der Waals surface area contributed by atoms with Crippen molar-refractivity contribution in [2.24, 2.45) is 0 Å². The molecule has 2 aromatic carbocycles. The number of aryl methyl sites for hydroxylation is 3. The highest BCUT2D eigenvalue weighted by Crippen LogP contribution is 2.27. The minimum absolute atomic E-state index is 0.0689. The zero-order valence-corrected chi connectivity index (χ0v) is 18.1. The van der Waals surface area contributed by atoms with Crippen molar-refractivity contribution >= 4 is 40.6 Å². The van der Waals surface area contributed by atoms with E-state index in [0.717, 1.165) is 34.7 Å². The lowest BCUT2D eigenvalue weighted by molar-refractivity contribution is -0.116. The number of carbonyl (C=O) groups is 1. The van der Waals surface area contributed by atoms with Gasteiger partial charge >= 0.3 is 11.6 Å². The van der Waals surface area contributed by atoms with Gasteiger partial charge in [0.25, 0.3) is 0 Å². The highest BCUT2D eigenvalue weighted by Gasteiger charge is 2.15. The van der Waals surface area contributed by atoms with Crippen molar-refractivity contribution in [3.63, 3.8) is 0 Å². The van der Waals surface area contributed by atoms with Gasteiger partial charge < -0.3 is 16.0 Å². The number of carbonyl (C=O) groups excluding carboxylic acids is 1. The van der Waals surface area contributed by atoms with E-state index in [2.05, 4.69) is 57.1 Å². The van der Waals surface area contributed by atoms with Crippen LogP contribution in [0.2, 0.25) is 0 Å². The summed E-state index contributed by atoms with van der Waals surface area (Å²) in [6, 6.07) is 14.3. The van der Waals surface area contributed by atoms with Crippen LogP contribution in [-0.4, -0.2) is 24.3 Å². The number of anilines is 4. The molecule has 8 nitrogen and oxygen atoms in total. The van der Waals surface area contributed by atoms with Crippen molar-refractivity contribution in [1.82, 2.24) is 9.97 Å². The zero-order valence-electron chi connectivity index (χ0n) is 17.3. The summed E-state index contributed by atoms with van der Waals surface area (Å²) in [5.74, 6) is 1.42. The number of hydrogen-bond donors (Lipinski definition) is 3. The van der Waals surface area contributed by atoms with Crippen molar-refractivity contribution in [3.8, 4) is 0 Å². The Bertz CT molecular complexity index is 1130. The largest absolute Gasteiger partial charge is 0.366 e. The third-order valence-corrected chi connectivity index (χ3v) is 4.77. The third kappa shape index (κ3) is 6.19. The molecule has 3 N–H and O–H groups in total. The van der Waals surface area contributed by atoms with Gasteiger partial charge in [-0.2, -0.15) is 13.4 Å². The molecule has 0 unspecified atom stereocenters. The second-order valence-electron chi connectivity index (χ2n) is 7.18. The molecule has 4 rings (SSSR count). The molecule has 1 aliphatic rings. The summed E-state index contributed by atoms with van der Waals surface area (Å²) in [5.41, 5.74) is 6.35. The summed E-state index contributed by atoms with van der Waals surface area (Å²) in [6.45, 7) is 4.78. The van der Waals surface area contributed by atoms with Crippen LogP contribution in [-0.2, 0) is 29.3 Å². The Morgan fingerprint density at radius 1 is 1.10 bits per heavy atom. The molecule has 160 valence electrons. The van der Waals surface area contributed by atoms with Crippen LogP contribution >= 0.6 is 0 Å². The van der Waals surface area contributed by atoms with Crippen LogP contribution in [0.25, 0.3) is 0 Å². The fourth-order valence-electron chi connectivity index (χ4n) is 3.28. The van der Waals surface area contributed by atoms with Crippen molar-refractivity contribution < 1.29 is 13.2 Å². The molecule has 1 aromatic heterocycles. The van der Waals surface area contributed by atoms with Gasteiger partial charge in [-0.15, -0.1) is 0 Å². The first-order chi connectivity index (χ1) is 15.0. The maximum absolute atomic E-state index is 11.5. The molecule has 0 radical (unpaired) electrons. The summed E-state index contributed by atoms with van der Waals surface area (Å²) >= 11 is -0.750. The molecular weight excluding hydrogens is 414 g/mol. The van der Waals surface area contributed by atoms with Gasteiger partial charge in [0.1, 0.15) is 5.82 Å². The molecular formula is C22H23N5O3S. The van der Waals surface area contributed by atoms with E-state index in [1.807, 2.05) is 31.3 Å².